The summed E-state index contributed by atoms with van der Waals surface area (Å²) in [5.41, 5.74) is 2.33. The minimum Gasteiger partial charge on any atom is -0.463 e. The van der Waals surface area contributed by atoms with Gasteiger partial charge in [-0.25, -0.2) is 4.39 Å². The van der Waals surface area contributed by atoms with Crippen molar-refractivity contribution in [3.63, 3.8) is 0 Å². The van der Waals surface area contributed by atoms with Crippen LogP contribution in [0.1, 0.15) is 0 Å². The Morgan fingerprint density at radius 2 is 2.08 bits per heavy atom. The van der Waals surface area contributed by atoms with E-state index >= 15 is 0 Å². The third-order valence-corrected chi connectivity index (χ3v) is 6.96. The van der Waals surface area contributed by atoms with Gasteiger partial charge >= 0.3 is 5.97 Å². The molecule has 3 aromatic heterocycles. The van der Waals surface area contributed by atoms with Crippen molar-refractivity contribution < 1.29 is 23.4 Å². The van der Waals surface area contributed by atoms with Gasteiger partial charge in [-0.05, 0) is 18.2 Å². The van der Waals surface area contributed by atoms with E-state index in [9.17, 15) is 9.18 Å². The van der Waals surface area contributed by atoms with Crippen LogP contribution in [0.15, 0.2) is 48.9 Å². The highest BCUT2D eigenvalue weighted by atomic mass is 32.1. The second kappa shape index (κ2) is 11.0. The molecule has 1 saturated heterocycles. The molecular formula is C25H26FN5O4S. The lowest BCUT2D eigenvalue weighted by Crippen LogP contribution is -2.40. The van der Waals surface area contributed by atoms with E-state index in [0.717, 1.165) is 33.7 Å². The first-order valence-electron chi connectivity index (χ1n) is 11.6. The van der Waals surface area contributed by atoms with E-state index in [4.69, 9.17) is 14.2 Å². The van der Waals surface area contributed by atoms with Crippen LogP contribution in [0, 0.1) is 5.82 Å². The number of nitrogens with zero attached hydrogens (tertiary/aromatic N) is 4. The first-order valence-corrected chi connectivity index (χ1v) is 12.4. The predicted molar refractivity (Wildman–Crippen MR) is 135 cm³/mol. The first kappa shape index (κ1) is 24.2. The lowest BCUT2D eigenvalue weighted by atomic mass is 10.2. The molecule has 188 valence electrons. The maximum Gasteiger partial charge on any atom is 0.320 e. The van der Waals surface area contributed by atoms with Crippen molar-refractivity contribution in [3.8, 4) is 21.9 Å². The molecule has 9 nitrogen and oxygen atoms in total. The molecule has 4 aromatic rings. The normalized spacial score (nSPS) is 14.2. The number of esters is 1. The van der Waals surface area contributed by atoms with Crippen LogP contribution in [-0.4, -0.2) is 72.1 Å². The summed E-state index contributed by atoms with van der Waals surface area (Å²) in [5, 5.41) is 7.30. The van der Waals surface area contributed by atoms with Crippen LogP contribution in [0.3, 0.4) is 0 Å². The number of thiophene rings is 1. The van der Waals surface area contributed by atoms with Gasteiger partial charge in [0, 0.05) is 60.8 Å². The Kier molecular flexibility index (Phi) is 7.40. The van der Waals surface area contributed by atoms with Crippen LogP contribution in [0.4, 0.5) is 10.1 Å². The largest absolute Gasteiger partial charge is 0.463 e. The van der Waals surface area contributed by atoms with Crippen molar-refractivity contribution in [1.29, 1.82) is 0 Å². The standard InChI is InChI=1S/C25H26FN5O4S/c1-27-18-2-3-21(19(26)12-18)35-22-4-5-28-20-13-23(36-25(20)22)17-14-29-31(15-17)8-11-34-24(32)16-30-6-9-33-10-7-30/h2-5,12-15,27H,6-11,16H2,1H3. The van der Waals surface area contributed by atoms with Gasteiger partial charge in [-0.3, -0.25) is 19.4 Å². The summed E-state index contributed by atoms with van der Waals surface area (Å²) in [6, 6.07) is 8.42. The summed E-state index contributed by atoms with van der Waals surface area (Å²) in [6.45, 7) is 3.74. The summed E-state index contributed by atoms with van der Waals surface area (Å²) < 4.78 is 33.5. The summed E-state index contributed by atoms with van der Waals surface area (Å²) >= 11 is 1.49. The van der Waals surface area contributed by atoms with Crippen molar-refractivity contribution in [1.82, 2.24) is 19.7 Å². The Morgan fingerprint density at radius 1 is 1.22 bits per heavy atom. The van der Waals surface area contributed by atoms with E-state index in [-0.39, 0.29) is 24.9 Å². The molecular weight excluding hydrogens is 485 g/mol. The van der Waals surface area contributed by atoms with Gasteiger partial charge in [0.25, 0.3) is 0 Å². The summed E-state index contributed by atoms with van der Waals surface area (Å²) in [5.74, 6) is -0.0145. The molecule has 0 amide bonds. The molecule has 0 radical (unpaired) electrons. The van der Waals surface area contributed by atoms with Gasteiger partial charge in [0.05, 0.1) is 42.7 Å². The van der Waals surface area contributed by atoms with Crippen LogP contribution in [0.2, 0.25) is 0 Å². The minimum atomic E-state index is -0.449. The number of pyridine rings is 1. The molecule has 5 rings (SSSR count). The van der Waals surface area contributed by atoms with Crippen molar-refractivity contribution in [2.75, 3.05) is 51.8 Å². The third-order valence-electron chi connectivity index (χ3n) is 5.77. The Hall–Kier alpha value is -3.54. The van der Waals surface area contributed by atoms with Gasteiger partial charge in [-0.15, -0.1) is 11.3 Å². The topological polar surface area (TPSA) is 90.7 Å². The van der Waals surface area contributed by atoms with Gasteiger partial charge in [-0.1, -0.05) is 0 Å². The highest BCUT2D eigenvalue weighted by molar-refractivity contribution is 7.22. The van der Waals surface area contributed by atoms with E-state index in [2.05, 4.69) is 15.4 Å². The number of anilines is 1. The number of rotatable bonds is 9. The lowest BCUT2D eigenvalue weighted by molar-refractivity contribution is -0.146. The molecule has 0 spiro atoms. The average Bonchev–Trinajstić information content (AvgIpc) is 3.53. The van der Waals surface area contributed by atoms with Crippen LogP contribution in [0.5, 0.6) is 11.5 Å². The van der Waals surface area contributed by atoms with Gasteiger partial charge in [0.1, 0.15) is 12.4 Å². The van der Waals surface area contributed by atoms with E-state index < -0.39 is 5.82 Å². The smallest absolute Gasteiger partial charge is 0.320 e. The molecule has 0 atom stereocenters. The molecule has 4 heterocycles. The molecule has 0 aliphatic carbocycles. The quantitative estimate of drug-likeness (QED) is 0.337. The van der Waals surface area contributed by atoms with E-state index in [1.54, 1.807) is 42.3 Å². The Labute approximate surface area is 211 Å². The zero-order chi connectivity index (χ0) is 24.9. The van der Waals surface area contributed by atoms with Crippen molar-refractivity contribution in [3.05, 3.63) is 54.7 Å². The predicted octanol–water partition coefficient (Wildman–Crippen LogP) is 4.01. The van der Waals surface area contributed by atoms with Gasteiger partial charge in [0.15, 0.2) is 11.6 Å². The molecule has 36 heavy (non-hydrogen) atoms. The lowest BCUT2D eigenvalue weighted by Gasteiger charge is -2.25. The molecule has 11 heteroatoms. The minimum absolute atomic E-state index is 0.146. The van der Waals surface area contributed by atoms with E-state index in [0.29, 0.717) is 31.2 Å². The molecule has 1 fully saturated rings. The SMILES string of the molecule is CNc1ccc(Oc2ccnc3cc(-c4cnn(CCOC(=O)CN5CCOCC5)c4)sc23)c(F)c1. The number of nitrogens with one attached hydrogen (secondary N) is 1. The van der Waals surface area contributed by atoms with Gasteiger partial charge < -0.3 is 19.5 Å². The van der Waals surface area contributed by atoms with Gasteiger partial charge in [-0.2, -0.15) is 5.10 Å². The maximum atomic E-state index is 14.4. The monoisotopic (exact) mass is 511 g/mol. The second-order valence-corrected chi connectivity index (χ2v) is 9.28. The Morgan fingerprint density at radius 3 is 2.89 bits per heavy atom. The molecule has 0 bridgehead atoms. The number of benzene rings is 1. The zero-order valence-electron chi connectivity index (χ0n) is 19.8. The van der Waals surface area contributed by atoms with E-state index in [1.165, 1.54) is 17.4 Å². The molecule has 1 aromatic carbocycles. The van der Waals surface area contributed by atoms with Crippen LogP contribution in [0.25, 0.3) is 20.7 Å². The van der Waals surface area contributed by atoms with Gasteiger partial charge in [0.2, 0.25) is 0 Å². The Balaban J connectivity index is 1.23. The highest BCUT2D eigenvalue weighted by Crippen LogP contribution is 2.39. The number of carbonyl (C=O) groups is 1. The zero-order valence-corrected chi connectivity index (χ0v) is 20.6. The number of hydrogen-bond acceptors (Lipinski definition) is 9. The molecule has 1 N–H and O–H groups in total. The first-order chi connectivity index (χ1) is 17.6. The summed E-state index contributed by atoms with van der Waals surface area (Å²) in [6.07, 6.45) is 5.30. The number of carbonyl (C=O) groups excluding carboxylic acids is 1. The van der Waals surface area contributed by atoms with Crippen molar-refractivity contribution in [2.24, 2.45) is 0 Å². The summed E-state index contributed by atoms with van der Waals surface area (Å²) in [4.78, 5) is 19.5. The van der Waals surface area contributed by atoms with Crippen molar-refractivity contribution in [2.45, 2.75) is 6.54 Å². The maximum absolute atomic E-state index is 14.4. The number of morpholine rings is 1. The number of fused-ring (bicyclic) bond motifs is 1. The summed E-state index contributed by atoms with van der Waals surface area (Å²) in [7, 11) is 1.73. The second-order valence-electron chi connectivity index (χ2n) is 8.23. The number of hydrogen-bond donors (Lipinski definition) is 1. The fraction of sp³-hybridized carbons (Fsp3) is 0.320. The van der Waals surface area contributed by atoms with E-state index in [1.807, 2.05) is 17.2 Å². The fourth-order valence-electron chi connectivity index (χ4n) is 3.85. The molecule has 1 aliphatic rings. The fourth-order valence-corrected chi connectivity index (χ4v) is 4.89. The molecule has 1 aliphatic heterocycles. The Bertz CT molecular complexity index is 1350. The average molecular weight is 512 g/mol. The highest BCUT2D eigenvalue weighted by Gasteiger charge is 2.16. The molecule has 0 unspecified atom stereocenters. The van der Waals surface area contributed by atoms with Crippen LogP contribution in [-0.2, 0) is 20.8 Å². The van der Waals surface area contributed by atoms with Crippen molar-refractivity contribution >= 4 is 33.2 Å². The molecule has 0 saturated carbocycles. The number of aromatic nitrogens is 3. The number of ether oxygens (including phenoxy) is 3. The van der Waals surface area contributed by atoms with Crippen LogP contribution < -0.4 is 10.1 Å². The van der Waals surface area contributed by atoms with Crippen LogP contribution >= 0.6 is 11.3 Å². The number of halogens is 1. The third kappa shape index (κ3) is 5.64.